The number of fused-ring (bicyclic) bond motifs is 1. The van der Waals surface area contributed by atoms with Gasteiger partial charge in [-0.1, -0.05) is 0 Å². The lowest BCUT2D eigenvalue weighted by molar-refractivity contribution is -0.117. The first-order valence-electron chi connectivity index (χ1n) is 11.6. The maximum atomic E-state index is 13.1. The minimum absolute atomic E-state index is 0.242. The van der Waals surface area contributed by atoms with Crippen molar-refractivity contribution in [3.63, 3.8) is 0 Å². The molecular weight excluding hydrogens is 439 g/mol. The van der Waals surface area contributed by atoms with E-state index in [1.54, 1.807) is 4.90 Å². The van der Waals surface area contributed by atoms with Crippen molar-refractivity contribution in [2.75, 3.05) is 22.1 Å². The molecule has 3 aliphatic rings. The number of halogens is 1. The smallest absolute Gasteiger partial charge is 0.247 e. The number of hydrogen-bond acceptors (Lipinski definition) is 8. The highest BCUT2D eigenvalue weighted by molar-refractivity contribution is 5.97. The van der Waals surface area contributed by atoms with Crippen LogP contribution in [0.15, 0.2) is 24.4 Å². The zero-order valence-corrected chi connectivity index (χ0v) is 18.5. The number of β-amino-alcohol motifs (C(OH)–C–C–N with tert-alkyl or cyclic N) is 1. The van der Waals surface area contributed by atoms with Crippen LogP contribution in [0.1, 0.15) is 48.6 Å². The number of aromatic amines is 1. The summed E-state index contributed by atoms with van der Waals surface area (Å²) in [6.07, 6.45) is 5.88. The molecule has 4 N–H and O–H groups in total. The first kappa shape index (κ1) is 21.0. The van der Waals surface area contributed by atoms with Crippen molar-refractivity contribution in [1.29, 1.82) is 0 Å². The molecule has 2 atom stereocenters. The number of aliphatic hydroxyl groups excluding tert-OH is 1. The van der Waals surface area contributed by atoms with Crippen molar-refractivity contribution in [2.45, 2.75) is 56.6 Å². The molecule has 4 heterocycles. The van der Waals surface area contributed by atoms with Crippen LogP contribution in [0.25, 0.3) is 0 Å². The average Bonchev–Trinajstić information content (AvgIpc) is 3.20. The van der Waals surface area contributed by atoms with Gasteiger partial charge in [-0.15, -0.1) is 0 Å². The van der Waals surface area contributed by atoms with E-state index in [0.717, 1.165) is 36.2 Å². The van der Waals surface area contributed by atoms with Crippen molar-refractivity contribution < 1.29 is 14.3 Å². The van der Waals surface area contributed by atoms with E-state index < -0.39 is 18.1 Å². The second-order valence-corrected chi connectivity index (χ2v) is 9.18. The molecule has 2 aliphatic carbocycles. The van der Waals surface area contributed by atoms with Gasteiger partial charge in [0.1, 0.15) is 11.9 Å². The highest BCUT2D eigenvalue weighted by atomic mass is 19.1. The Kier molecular flexibility index (Phi) is 5.13. The van der Waals surface area contributed by atoms with Crippen molar-refractivity contribution >= 4 is 29.2 Å². The number of nitrogens with one attached hydrogen (secondary N) is 3. The first-order valence-corrected chi connectivity index (χ1v) is 11.6. The number of aryl methyl sites for hydroxylation is 1. The number of hydrogen-bond donors (Lipinski definition) is 4. The van der Waals surface area contributed by atoms with Crippen LogP contribution in [-0.2, 0) is 17.6 Å². The molecule has 0 unspecified atom stereocenters. The van der Waals surface area contributed by atoms with Gasteiger partial charge >= 0.3 is 0 Å². The maximum absolute atomic E-state index is 13.1. The topological polar surface area (TPSA) is 132 Å². The molecule has 3 aromatic heterocycles. The molecule has 34 heavy (non-hydrogen) atoms. The van der Waals surface area contributed by atoms with Gasteiger partial charge in [0, 0.05) is 36.2 Å². The predicted octanol–water partition coefficient (Wildman–Crippen LogP) is 2.42. The predicted molar refractivity (Wildman–Crippen MR) is 122 cm³/mol. The minimum Gasteiger partial charge on any atom is -0.391 e. The van der Waals surface area contributed by atoms with E-state index in [-0.39, 0.29) is 18.9 Å². The SMILES string of the molecule is O=C(Nc1ccc(F)nc1)[C@H]1C[C@@H](O)CN1c1nc2c(c(Nc3cc(C4CC4)[nH]n3)n1)CCC2. The highest BCUT2D eigenvalue weighted by Crippen LogP contribution is 2.40. The van der Waals surface area contributed by atoms with Crippen LogP contribution in [0.2, 0.25) is 0 Å². The number of carbonyl (C=O) groups excluding carboxylic acids is 1. The quantitative estimate of drug-likeness (QED) is 0.409. The number of aliphatic hydroxyl groups is 1. The Morgan fingerprint density at radius 3 is 2.91 bits per heavy atom. The van der Waals surface area contributed by atoms with Gasteiger partial charge in [-0.25, -0.2) is 9.97 Å². The molecule has 0 aromatic carbocycles. The fraction of sp³-hybridized carbons (Fsp3) is 0.435. The second-order valence-electron chi connectivity index (χ2n) is 9.18. The molecule has 0 radical (unpaired) electrons. The Morgan fingerprint density at radius 1 is 1.24 bits per heavy atom. The summed E-state index contributed by atoms with van der Waals surface area (Å²) in [7, 11) is 0. The Morgan fingerprint density at radius 2 is 2.12 bits per heavy atom. The van der Waals surface area contributed by atoms with E-state index in [4.69, 9.17) is 9.97 Å². The van der Waals surface area contributed by atoms with E-state index in [0.29, 0.717) is 29.2 Å². The average molecular weight is 465 g/mol. The molecule has 1 aliphatic heterocycles. The molecule has 1 saturated heterocycles. The lowest BCUT2D eigenvalue weighted by Crippen LogP contribution is -2.40. The second kappa shape index (κ2) is 8.32. The number of carbonyl (C=O) groups is 1. The summed E-state index contributed by atoms with van der Waals surface area (Å²) in [5.41, 5.74) is 3.53. The summed E-state index contributed by atoms with van der Waals surface area (Å²) >= 11 is 0. The summed E-state index contributed by atoms with van der Waals surface area (Å²) in [6, 6.07) is 3.98. The van der Waals surface area contributed by atoms with Crippen molar-refractivity contribution in [1.82, 2.24) is 25.1 Å². The molecule has 11 heteroatoms. The van der Waals surface area contributed by atoms with Crippen LogP contribution in [0.4, 0.5) is 27.7 Å². The molecule has 1 amide bonds. The van der Waals surface area contributed by atoms with Gasteiger partial charge in [-0.05, 0) is 44.2 Å². The van der Waals surface area contributed by atoms with Crippen molar-refractivity contribution in [3.05, 3.63) is 47.3 Å². The summed E-state index contributed by atoms with van der Waals surface area (Å²) in [4.78, 5) is 27.9. The molecule has 0 spiro atoms. The standard InChI is InChI=1S/C23H25FN8O2/c24-19-7-6-13(10-25-19)26-22(34)18-8-14(33)11-32(18)23-27-16-3-1-2-15(16)21(29-23)28-20-9-17(30-31-20)12-4-5-12/h6-7,9-10,12,14,18,33H,1-5,8,11H2,(H,26,34)(H2,27,28,29,30,31)/t14-,18-/m1/s1. The molecule has 2 fully saturated rings. The van der Waals surface area contributed by atoms with E-state index in [9.17, 15) is 14.3 Å². The Labute approximate surface area is 195 Å². The van der Waals surface area contributed by atoms with Gasteiger partial charge in [-0.2, -0.15) is 14.5 Å². The van der Waals surface area contributed by atoms with E-state index in [1.807, 2.05) is 6.07 Å². The number of nitrogens with zero attached hydrogens (tertiary/aromatic N) is 5. The van der Waals surface area contributed by atoms with Crippen LogP contribution in [0.3, 0.4) is 0 Å². The van der Waals surface area contributed by atoms with Crippen LogP contribution in [0, 0.1) is 5.95 Å². The molecule has 10 nitrogen and oxygen atoms in total. The van der Waals surface area contributed by atoms with Crippen LogP contribution in [-0.4, -0.2) is 54.9 Å². The van der Waals surface area contributed by atoms with Gasteiger partial charge in [0.25, 0.3) is 0 Å². The molecule has 3 aromatic rings. The zero-order chi connectivity index (χ0) is 23.2. The summed E-state index contributed by atoms with van der Waals surface area (Å²) in [5, 5.41) is 24.0. The minimum atomic E-state index is -0.692. The summed E-state index contributed by atoms with van der Waals surface area (Å²) < 4.78 is 13.1. The van der Waals surface area contributed by atoms with Crippen molar-refractivity contribution in [2.24, 2.45) is 0 Å². The maximum Gasteiger partial charge on any atom is 0.247 e. The van der Waals surface area contributed by atoms with Crippen LogP contribution < -0.4 is 15.5 Å². The molecular formula is C23H25FN8O2. The van der Waals surface area contributed by atoms with Crippen LogP contribution in [0.5, 0.6) is 0 Å². The molecule has 1 saturated carbocycles. The fourth-order valence-corrected chi connectivity index (χ4v) is 4.74. The zero-order valence-electron chi connectivity index (χ0n) is 18.5. The molecule has 176 valence electrons. The first-order chi connectivity index (χ1) is 16.5. The number of amides is 1. The molecule has 6 rings (SSSR count). The lowest BCUT2D eigenvalue weighted by Gasteiger charge is -2.25. The monoisotopic (exact) mass is 464 g/mol. The van der Waals surface area contributed by atoms with Crippen molar-refractivity contribution in [3.8, 4) is 0 Å². The van der Waals surface area contributed by atoms with Gasteiger partial charge in [0.05, 0.1) is 23.7 Å². The third-order valence-corrected chi connectivity index (χ3v) is 6.62. The van der Waals surface area contributed by atoms with E-state index >= 15 is 0 Å². The summed E-state index contributed by atoms with van der Waals surface area (Å²) in [6.45, 7) is 0.242. The summed E-state index contributed by atoms with van der Waals surface area (Å²) in [5.74, 6) is 1.41. The normalized spacial score (nSPS) is 21.5. The molecule has 0 bridgehead atoms. The highest BCUT2D eigenvalue weighted by Gasteiger charge is 2.38. The van der Waals surface area contributed by atoms with Gasteiger partial charge in [0.15, 0.2) is 5.82 Å². The number of aromatic nitrogens is 5. The van der Waals surface area contributed by atoms with Gasteiger partial charge < -0.3 is 20.6 Å². The van der Waals surface area contributed by atoms with Gasteiger partial charge in [-0.3, -0.25) is 9.89 Å². The fourth-order valence-electron chi connectivity index (χ4n) is 4.74. The number of H-pyrrole nitrogens is 1. The largest absolute Gasteiger partial charge is 0.391 e. The van der Waals surface area contributed by atoms with E-state index in [2.05, 4.69) is 25.8 Å². The Balaban J connectivity index is 1.27. The third-order valence-electron chi connectivity index (χ3n) is 6.62. The lowest BCUT2D eigenvalue weighted by atomic mass is 10.2. The number of rotatable bonds is 6. The van der Waals surface area contributed by atoms with Gasteiger partial charge in [0.2, 0.25) is 17.8 Å². The van der Waals surface area contributed by atoms with E-state index in [1.165, 1.54) is 31.2 Å². The number of anilines is 4. The number of pyridine rings is 1. The Bertz CT molecular complexity index is 1230. The van der Waals surface area contributed by atoms with Crippen LogP contribution >= 0.6 is 0 Å². The Hall–Kier alpha value is -3.60. The third kappa shape index (κ3) is 4.07.